The highest BCUT2D eigenvalue weighted by Gasteiger charge is 2.10. The van der Waals surface area contributed by atoms with Gasteiger partial charge in [-0.25, -0.2) is 9.18 Å². The van der Waals surface area contributed by atoms with E-state index in [1.807, 2.05) is 45.0 Å². The summed E-state index contributed by atoms with van der Waals surface area (Å²) in [5.74, 6) is 0.00203. The summed E-state index contributed by atoms with van der Waals surface area (Å²) in [6, 6.07) is 11.5. The zero-order valence-electron chi connectivity index (χ0n) is 13.5. The average molecular weight is 316 g/mol. The van der Waals surface area contributed by atoms with Gasteiger partial charge in [-0.05, 0) is 38.5 Å². The van der Waals surface area contributed by atoms with E-state index in [1.54, 1.807) is 0 Å². The van der Waals surface area contributed by atoms with Crippen molar-refractivity contribution in [1.29, 1.82) is 0 Å². The van der Waals surface area contributed by atoms with Crippen LogP contribution >= 0.6 is 0 Å². The van der Waals surface area contributed by atoms with Crippen LogP contribution in [0.3, 0.4) is 0 Å². The standard InChI is InChI=1S/C18H21FN2O2/c1-12(2)23-17-8-7-15(19)10-16(17)21-18(22)20-11-14-6-4-5-13(3)9-14/h4-10,12H,11H2,1-3H3,(H2,20,21,22). The minimum atomic E-state index is -0.435. The molecule has 23 heavy (non-hydrogen) atoms. The van der Waals surface area contributed by atoms with Crippen molar-refractivity contribution in [1.82, 2.24) is 5.32 Å². The van der Waals surface area contributed by atoms with Crippen LogP contribution in [0.2, 0.25) is 0 Å². The molecule has 2 N–H and O–H groups in total. The summed E-state index contributed by atoms with van der Waals surface area (Å²) < 4.78 is 19.0. The van der Waals surface area contributed by atoms with Crippen molar-refractivity contribution in [3.63, 3.8) is 0 Å². The van der Waals surface area contributed by atoms with Gasteiger partial charge < -0.3 is 15.4 Å². The van der Waals surface area contributed by atoms with E-state index in [4.69, 9.17) is 4.74 Å². The molecular formula is C18H21FN2O2. The van der Waals surface area contributed by atoms with E-state index in [0.717, 1.165) is 11.1 Å². The number of nitrogens with one attached hydrogen (secondary N) is 2. The van der Waals surface area contributed by atoms with Gasteiger partial charge in [-0.1, -0.05) is 29.8 Å². The molecule has 2 amide bonds. The number of aryl methyl sites for hydroxylation is 1. The van der Waals surface area contributed by atoms with E-state index in [2.05, 4.69) is 10.6 Å². The molecular weight excluding hydrogens is 295 g/mol. The molecule has 2 rings (SSSR count). The maximum atomic E-state index is 13.4. The molecule has 2 aromatic rings. The Balaban J connectivity index is 2.00. The number of benzene rings is 2. The molecule has 0 saturated heterocycles. The zero-order valence-corrected chi connectivity index (χ0v) is 13.5. The first-order chi connectivity index (χ1) is 10.9. The van der Waals surface area contributed by atoms with Crippen LogP contribution < -0.4 is 15.4 Å². The third-order valence-corrected chi connectivity index (χ3v) is 3.09. The van der Waals surface area contributed by atoms with Crippen molar-refractivity contribution >= 4 is 11.7 Å². The molecule has 0 unspecified atom stereocenters. The quantitative estimate of drug-likeness (QED) is 0.866. The highest BCUT2D eigenvalue weighted by molar-refractivity contribution is 5.90. The van der Waals surface area contributed by atoms with Gasteiger partial charge in [-0.2, -0.15) is 0 Å². The van der Waals surface area contributed by atoms with Gasteiger partial charge in [-0.15, -0.1) is 0 Å². The fourth-order valence-electron chi connectivity index (χ4n) is 2.13. The lowest BCUT2D eigenvalue weighted by molar-refractivity contribution is 0.241. The van der Waals surface area contributed by atoms with Gasteiger partial charge >= 0.3 is 6.03 Å². The Morgan fingerprint density at radius 1 is 1.22 bits per heavy atom. The van der Waals surface area contributed by atoms with E-state index in [-0.39, 0.29) is 6.10 Å². The summed E-state index contributed by atoms with van der Waals surface area (Å²) in [5, 5.41) is 5.37. The van der Waals surface area contributed by atoms with Crippen LogP contribution in [0.5, 0.6) is 5.75 Å². The smallest absolute Gasteiger partial charge is 0.319 e. The third kappa shape index (κ3) is 5.29. The summed E-state index contributed by atoms with van der Waals surface area (Å²) in [7, 11) is 0. The zero-order chi connectivity index (χ0) is 16.8. The lowest BCUT2D eigenvalue weighted by atomic mass is 10.1. The van der Waals surface area contributed by atoms with Crippen LogP contribution in [0.4, 0.5) is 14.9 Å². The lowest BCUT2D eigenvalue weighted by Crippen LogP contribution is -2.28. The molecule has 0 aromatic heterocycles. The van der Waals surface area contributed by atoms with E-state index in [0.29, 0.717) is 18.0 Å². The van der Waals surface area contributed by atoms with E-state index < -0.39 is 11.8 Å². The van der Waals surface area contributed by atoms with Crippen molar-refractivity contribution in [2.75, 3.05) is 5.32 Å². The Hall–Kier alpha value is -2.56. The van der Waals surface area contributed by atoms with Gasteiger partial charge in [0.15, 0.2) is 0 Å². The number of ether oxygens (including phenoxy) is 1. The number of hydrogen-bond acceptors (Lipinski definition) is 2. The number of amides is 2. The fourth-order valence-corrected chi connectivity index (χ4v) is 2.13. The summed E-state index contributed by atoms with van der Waals surface area (Å²) in [4.78, 5) is 12.0. The molecule has 0 saturated carbocycles. The molecule has 0 heterocycles. The first-order valence-corrected chi connectivity index (χ1v) is 7.50. The number of carbonyl (C=O) groups is 1. The highest BCUT2D eigenvalue weighted by Crippen LogP contribution is 2.26. The lowest BCUT2D eigenvalue weighted by Gasteiger charge is -2.15. The Kier molecular flexibility index (Phi) is 5.57. The molecule has 0 bridgehead atoms. The largest absolute Gasteiger partial charge is 0.489 e. The number of carbonyl (C=O) groups excluding carboxylic acids is 1. The highest BCUT2D eigenvalue weighted by atomic mass is 19.1. The topological polar surface area (TPSA) is 50.4 Å². The van der Waals surface area contributed by atoms with Crippen LogP contribution in [-0.2, 0) is 6.54 Å². The molecule has 0 fully saturated rings. The second-order valence-electron chi connectivity index (χ2n) is 5.60. The first-order valence-electron chi connectivity index (χ1n) is 7.50. The van der Waals surface area contributed by atoms with Gasteiger partial charge in [0.1, 0.15) is 11.6 Å². The van der Waals surface area contributed by atoms with E-state index in [9.17, 15) is 9.18 Å². The van der Waals surface area contributed by atoms with Crippen LogP contribution in [0.1, 0.15) is 25.0 Å². The molecule has 0 radical (unpaired) electrons. The number of urea groups is 1. The Morgan fingerprint density at radius 2 is 2.00 bits per heavy atom. The molecule has 2 aromatic carbocycles. The summed E-state index contributed by atoms with van der Waals surface area (Å²) in [5.41, 5.74) is 2.43. The molecule has 0 aliphatic carbocycles. The number of anilines is 1. The van der Waals surface area contributed by atoms with E-state index in [1.165, 1.54) is 18.2 Å². The summed E-state index contributed by atoms with van der Waals surface area (Å²) in [6.45, 7) is 6.12. The van der Waals surface area contributed by atoms with Crippen LogP contribution in [0.25, 0.3) is 0 Å². The van der Waals surface area contributed by atoms with Crippen molar-refractivity contribution in [2.24, 2.45) is 0 Å². The van der Waals surface area contributed by atoms with Crippen molar-refractivity contribution in [3.05, 3.63) is 59.4 Å². The first kappa shape index (κ1) is 16.8. The Labute approximate surface area is 135 Å². The Morgan fingerprint density at radius 3 is 2.70 bits per heavy atom. The summed E-state index contributed by atoms with van der Waals surface area (Å²) in [6.07, 6.45) is -0.0728. The minimum Gasteiger partial charge on any atom is -0.489 e. The van der Waals surface area contributed by atoms with Crippen molar-refractivity contribution in [3.8, 4) is 5.75 Å². The summed E-state index contributed by atoms with van der Waals surface area (Å²) >= 11 is 0. The van der Waals surface area contributed by atoms with Crippen LogP contribution in [0, 0.1) is 12.7 Å². The number of rotatable bonds is 5. The normalized spacial score (nSPS) is 10.5. The van der Waals surface area contributed by atoms with Gasteiger partial charge in [0, 0.05) is 12.6 Å². The fraction of sp³-hybridized carbons (Fsp3) is 0.278. The number of halogens is 1. The number of hydrogen-bond donors (Lipinski definition) is 2. The predicted molar refractivity (Wildman–Crippen MR) is 89.2 cm³/mol. The third-order valence-electron chi connectivity index (χ3n) is 3.09. The van der Waals surface area contributed by atoms with Gasteiger partial charge in [0.25, 0.3) is 0 Å². The predicted octanol–water partition coefficient (Wildman–Crippen LogP) is 4.24. The molecule has 122 valence electrons. The monoisotopic (exact) mass is 316 g/mol. The van der Waals surface area contributed by atoms with Crippen molar-refractivity contribution < 1.29 is 13.9 Å². The molecule has 0 spiro atoms. The Bertz CT molecular complexity index is 686. The molecule has 5 heteroatoms. The van der Waals surface area contributed by atoms with Crippen LogP contribution in [-0.4, -0.2) is 12.1 Å². The SMILES string of the molecule is Cc1cccc(CNC(=O)Nc2cc(F)ccc2OC(C)C)c1. The maximum absolute atomic E-state index is 13.4. The second-order valence-corrected chi connectivity index (χ2v) is 5.60. The van der Waals surface area contributed by atoms with Gasteiger partial charge in [-0.3, -0.25) is 0 Å². The molecule has 4 nitrogen and oxygen atoms in total. The minimum absolute atomic E-state index is 0.0728. The van der Waals surface area contributed by atoms with Gasteiger partial charge in [0.05, 0.1) is 11.8 Å². The van der Waals surface area contributed by atoms with E-state index >= 15 is 0 Å². The molecule has 0 aliphatic rings. The van der Waals surface area contributed by atoms with Gasteiger partial charge in [0.2, 0.25) is 0 Å². The second kappa shape index (κ2) is 7.63. The molecule has 0 atom stereocenters. The van der Waals surface area contributed by atoms with Crippen molar-refractivity contribution in [2.45, 2.75) is 33.4 Å². The van der Waals surface area contributed by atoms with Crippen LogP contribution in [0.15, 0.2) is 42.5 Å². The molecule has 0 aliphatic heterocycles. The maximum Gasteiger partial charge on any atom is 0.319 e. The average Bonchev–Trinajstić information content (AvgIpc) is 2.48.